The van der Waals surface area contributed by atoms with Crippen molar-refractivity contribution < 1.29 is 9.30 Å². The molecule has 0 spiro atoms. The summed E-state index contributed by atoms with van der Waals surface area (Å²) >= 11 is 0. The molecule has 62 valence electrons. The van der Waals surface area contributed by atoms with Crippen molar-refractivity contribution in [3.05, 3.63) is 35.6 Å². The normalized spacial score (nSPS) is 10.8. The Labute approximate surface area is 73.1 Å². The zero-order valence-corrected chi connectivity index (χ0v) is 7.78. The van der Waals surface area contributed by atoms with Crippen LogP contribution in [-0.4, -0.2) is 7.11 Å². The first-order valence-corrected chi connectivity index (χ1v) is 4.53. The highest BCUT2D eigenvalue weighted by molar-refractivity contribution is 7.28. The molecule has 0 amide bonds. The number of hydrogen-bond acceptors (Lipinski definition) is 2. The Kier molecular flexibility index (Phi) is 3.49. The highest BCUT2D eigenvalue weighted by atomic mass is 31.1. The SMILES string of the molecule is COc1ccc(C=C[PH+]=O)cc1. The zero-order valence-electron chi connectivity index (χ0n) is 6.78. The predicted octanol–water partition coefficient (Wildman–Crippen LogP) is 2.69. The minimum atomic E-state index is -0.381. The molecule has 0 saturated heterocycles. The van der Waals surface area contributed by atoms with Crippen LogP contribution in [0.1, 0.15) is 5.56 Å². The third kappa shape index (κ3) is 2.48. The fourth-order valence-corrected chi connectivity index (χ4v) is 1.11. The molecular formula is C9H10O2P+. The molecule has 3 heteroatoms. The van der Waals surface area contributed by atoms with Crippen molar-refractivity contribution in [1.82, 2.24) is 0 Å². The van der Waals surface area contributed by atoms with Crippen LogP contribution in [0.15, 0.2) is 30.1 Å². The largest absolute Gasteiger partial charge is 0.497 e. The van der Waals surface area contributed by atoms with E-state index in [9.17, 15) is 4.57 Å². The van der Waals surface area contributed by atoms with Crippen molar-refractivity contribution in [3.63, 3.8) is 0 Å². The van der Waals surface area contributed by atoms with Crippen LogP contribution >= 0.6 is 8.46 Å². The van der Waals surface area contributed by atoms with E-state index in [1.54, 1.807) is 12.9 Å². The fourth-order valence-electron chi connectivity index (χ4n) is 0.845. The highest BCUT2D eigenvalue weighted by Crippen LogP contribution is 2.13. The van der Waals surface area contributed by atoms with Crippen LogP contribution in [0.25, 0.3) is 6.08 Å². The Bertz CT molecular complexity index is 277. The molecule has 0 aliphatic heterocycles. The van der Waals surface area contributed by atoms with Gasteiger partial charge in [0.25, 0.3) is 0 Å². The second-order valence-corrected chi connectivity index (χ2v) is 2.79. The molecule has 0 N–H and O–H groups in total. The van der Waals surface area contributed by atoms with Gasteiger partial charge in [0.15, 0.2) is 5.82 Å². The summed E-state index contributed by atoms with van der Waals surface area (Å²) in [6.45, 7) is 0. The Morgan fingerprint density at radius 3 is 2.50 bits per heavy atom. The van der Waals surface area contributed by atoms with Gasteiger partial charge in [-0.25, -0.2) is 0 Å². The lowest BCUT2D eigenvalue weighted by Crippen LogP contribution is -1.80. The van der Waals surface area contributed by atoms with E-state index in [-0.39, 0.29) is 8.46 Å². The van der Waals surface area contributed by atoms with Gasteiger partial charge in [0.05, 0.1) is 7.11 Å². The summed E-state index contributed by atoms with van der Waals surface area (Å²) in [6.07, 6.45) is 1.81. The van der Waals surface area contributed by atoms with E-state index >= 15 is 0 Å². The first-order chi connectivity index (χ1) is 5.86. The maximum absolute atomic E-state index is 10.1. The van der Waals surface area contributed by atoms with Gasteiger partial charge in [0.2, 0.25) is 0 Å². The average Bonchev–Trinajstić information content (AvgIpc) is 2.15. The van der Waals surface area contributed by atoms with Gasteiger partial charge in [0, 0.05) is 0 Å². The van der Waals surface area contributed by atoms with Crippen LogP contribution < -0.4 is 4.74 Å². The van der Waals surface area contributed by atoms with Crippen LogP contribution in [0, 0.1) is 0 Å². The smallest absolute Gasteiger partial charge is 0.355 e. The molecular weight excluding hydrogens is 171 g/mol. The van der Waals surface area contributed by atoms with E-state index in [0.29, 0.717) is 0 Å². The number of benzene rings is 1. The van der Waals surface area contributed by atoms with Gasteiger partial charge in [-0.05, 0) is 23.8 Å². The van der Waals surface area contributed by atoms with Crippen LogP contribution in [0.4, 0.5) is 0 Å². The molecule has 1 rings (SSSR count). The van der Waals surface area contributed by atoms with E-state index in [1.165, 1.54) is 0 Å². The molecule has 0 aromatic heterocycles. The lowest BCUT2D eigenvalue weighted by Gasteiger charge is -1.97. The van der Waals surface area contributed by atoms with E-state index < -0.39 is 0 Å². The Balaban J connectivity index is 2.77. The van der Waals surface area contributed by atoms with Gasteiger partial charge in [0.1, 0.15) is 5.75 Å². The standard InChI is InChI=1S/C9H9O2P/c1-11-9-4-2-8(3-5-9)6-7-12-10/h2-7H,1H3/p+1. The maximum Gasteiger partial charge on any atom is 0.355 e. The third-order valence-corrected chi connectivity index (χ3v) is 1.76. The lowest BCUT2D eigenvalue weighted by atomic mass is 10.2. The van der Waals surface area contributed by atoms with Gasteiger partial charge in [-0.2, -0.15) is 0 Å². The Hall–Kier alpha value is -1.14. The first-order valence-electron chi connectivity index (χ1n) is 3.55. The van der Waals surface area contributed by atoms with E-state index in [2.05, 4.69) is 0 Å². The van der Waals surface area contributed by atoms with E-state index in [0.717, 1.165) is 11.3 Å². The second kappa shape index (κ2) is 4.68. The van der Waals surface area contributed by atoms with Crippen molar-refractivity contribution in [2.24, 2.45) is 0 Å². The molecule has 0 bridgehead atoms. The monoisotopic (exact) mass is 181 g/mol. The number of rotatable bonds is 3. The minimum Gasteiger partial charge on any atom is -0.497 e. The topological polar surface area (TPSA) is 26.3 Å². The third-order valence-electron chi connectivity index (χ3n) is 1.46. The average molecular weight is 181 g/mol. The lowest BCUT2D eigenvalue weighted by molar-refractivity contribution is 0.415. The molecule has 1 atom stereocenters. The number of hydrogen-bond donors (Lipinski definition) is 0. The maximum atomic E-state index is 10.1. The zero-order chi connectivity index (χ0) is 8.81. The fraction of sp³-hybridized carbons (Fsp3) is 0.111. The number of ether oxygens (including phenoxy) is 1. The van der Waals surface area contributed by atoms with Gasteiger partial charge in [-0.3, -0.25) is 0 Å². The Morgan fingerprint density at radius 2 is 2.00 bits per heavy atom. The number of methoxy groups -OCH3 is 1. The molecule has 1 aromatic carbocycles. The predicted molar refractivity (Wildman–Crippen MR) is 51.0 cm³/mol. The molecule has 0 aliphatic rings. The summed E-state index contributed by atoms with van der Waals surface area (Å²) in [4.78, 5) is 0. The summed E-state index contributed by atoms with van der Waals surface area (Å²) in [5.74, 6) is 2.44. The Morgan fingerprint density at radius 1 is 1.33 bits per heavy atom. The summed E-state index contributed by atoms with van der Waals surface area (Å²) in [7, 11) is 1.25. The summed E-state index contributed by atoms with van der Waals surface area (Å²) in [6, 6.07) is 7.56. The molecule has 0 heterocycles. The molecule has 12 heavy (non-hydrogen) atoms. The first kappa shape index (κ1) is 8.95. The molecule has 0 saturated carbocycles. The highest BCUT2D eigenvalue weighted by Gasteiger charge is 1.90. The molecule has 2 nitrogen and oxygen atoms in total. The van der Waals surface area contributed by atoms with Crippen LogP contribution in [0.3, 0.4) is 0 Å². The minimum absolute atomic E-state index is 0.381. The van der Waals surface area contributed by atoms with Crippen LogP contribution in [0.2, 0.25) is 0 Å². The van der Waals surface area contributed by atoms with Crippen molar-refractivity contribution in [2.45, 2.75) is 0 Å². The summed E-state index contributed by atoms with van der Waals surface area (Å²) in [5.41, 5.74) is 1.03. The quantitative estimate of drug-likeness (QED) is 0.670. The molecule has 1 aromatic rings. The molecule has 1 unspecified atom stereocenters. The molecule has 0 aliphatic carbocycles. The molecule has 0 fully saturated rings. The van der Waals surface area contributed by atoms with Crippen molar-refractivity contribution in [1.29, 1.82) is 0 Å². The molecule has 0 radical (unpaired) electrons. The van der Waals surface area contributed by atoms with E-state index in [1.807, 2.05) is 30.3 Å². The van der Waals surface area contributed by atoms with Crippen LogP contribution in [-0.2, 0) is 4.57 Å². The van der Waals surface area contributed by atoms with Crippen molar-refractivity contribution in [3.8, 4) is 5.75 Å². The van der Waals surface area contributed by atoms with E-state index in [4.69, 9.17) is 4.74 Å². The van der Waals surface area contributed by atoms with Crippen molar-refractivity contribution in [2.75, 3.05) is 7.11 Å². The van der Waals surface area contributed by atoms with Gasteiger partial charge in [-0.15, -0.1) is 0 Å². The second-order valence-electron chi connectivity index (χ2n) is 2.22. The van der Waals surface area contributed by atoms with Crippen LogP contribution in [0.5, 0.6) is 5.75 Å². The van der Waals surface area contributed by atoms with Gasteiger partial charge < -0.3 is 4.74 Å². The van der Waals surface area contributed by atoms with Gasteiger partial charge in [-0.1, -0.05) is 16.7 Å². The summed E-state index contributed by atoms with van der Waals surface area (Å²) < 4.78 is 15.1. The summed E-state index contributed by atoms with van der Waals surface area (Å²) in [5, 5.41) is 0. The van der Waals surface area contributed by atoms with Gasteiger partial charge >= 0.3 is 8.46 Å². The van der Waals surface area contributed by atoms with Crippen molar-refractivity contribution >= 4 is 14.5 Å².